The Morgan fingerprint density at radius 3 is 2.73 bits per heavy atom. The standard InChI is InChI=1S/C14H16F2N4O5S/c1-20-8-10(7-18-20)26(22,23)19-4-5-24-13(21)9-2-3-12(11(17)6-9)25-14(15)16/h2-3,6-8,14,19H,4-5,17H2,1H3. The molecule has 3 N–H and O–H groups in total. The lowest BCUT2D eigenvalue weighted by molar-refractivity contribution is -0.0493. The van der Waals surface area contributed by atoms with Crippen molar-refractivity contribution in [1.82, 2.24) is 14.5 Å². The number of rotatable bonds is 8. The maximum absolute atomic E-state index is 12.2. The Morgan fingerprint density at radius 2 is 2.15 bits per heavy atom. The van der Waals surface area contributed by atoms with Gasteiger partial charge in [-0.15, -0.1) is 0 Å². The number of nitrogens with zero attached hydrogens (tertiary/aromatic N) is 2. The molecule has 0 radical (unpaired) electrons. The van der Waals surface area contributed by atoms with Gasteiger partial charge in [0.05, 0.1) is 17.4 Å². The van der Waals surface area contributed by atoms with Crippen LogP contribution < -0.4 is 15.2 Å². The van der Waals surface area contributed by atoms with Crippen LogP contribution in [0.15, 0.2) is 35.5 Å². The van der Waals surface area contributed by atoms with E-state index >= 15 is 0 Å². The number of anilines is 1. The molecule has 0 saturated heterocycles. The molecule has 2 rings (SSSR count). The van der Waals surface area contributed by atoms with E-state index in [1.807, 2.05) is 0 Å². The zero-order valence-corrected chi connectivity index (χ0v) is 14.4. The Morgan fingerprint density at radius 1 is 1.42 bits per heavy atom. The van der Waals surface area contributed by atoms with Crippen LogP contribution >= 0.6 is 0 Å². The molecule has 9 nitrogen and oxygen atoms in total. The summed E-state index contributed by atoms with van der Waals surface area (Å²) in [6, 6.07) is 3.44. The number of carbonyl (C=O) groups excluding carboxylic acids is 1. The molecule has 0 fully saturated rings. The van der Waals surface area contributed by atoms with Crippen molar-refractivity contribution in [3.8, 4) is 5.75 Å². The summed E-state index contributed by atoms with van der Waals surface area (Å²) in [5, 5.41) is 3.76. The van der Waals surface area contributed by atoms with Gasteiger partial charge in [-0.25, -0.2) is 17.9 Å². The number of hydrogen-bond acceptors (Lipinski definition) is 7. The molecule has 12 heteroatoms. The Labute approximate surface area is 147 Å². The fraction of sp³-hybridized carbons (Fsp3) is 0.286. The van der Waals surface area contributed by atoms with Gasteiger partial charge in [0.2, 0.25) is 10.0 Å². The molecule has 0 aliphatic rings. The highest BCUT2D eigenvalue weighted by atomic mass is 32.2. The van der Waals surface area contributed by atoms with Gasteiger partial charge in [0, 0.05) is 19.8 Å². The fourth-order valence-corrected chi connectivity index (χ4v) is 2.90. The molecule has 1 heterocycles. The van der Waals surface area contributed by atoms with Crippen LogP contribution in [-0.4, -0.2) is 43.9 Å². The van der Waals surface area contributed by atoms with Gasteiger partial charge in [0.1, 0.15) is 17.3 Å². The van der Waals surface area contributed by atoms with Crippen LogP contribution in [0.2, 0.25) is 0 Å². The predicted molar refractivity (Wildman–Crippen MR) is 86.2 cm³/mol. The average Bonchev–Trinajstić information content (AvgIpc) is 3.00. The summed E-state index contributed by atoms with van der Waals surface area (Å²) < 4.78 is 60.8. The second-order valence-electron chi connectivity index (χ2n) is 5.01. The molecule has 1 aromatic carbocycles. The average molecular weight is 390 g/mol. The lowest BCUT2D eigenvalue weighted by atomic mass is 10.2. The van der Waals surface area contributed by atoms with E-state index in [0.717, 1.165) is 12.1 Å². The van der Waals surface area contributed by atoms with Gasteiger partial charge >= 0.3 is 12.6 Å². The molecule has 0 amide bonds. The van der Waals surface area contributed by atoms with Crippen LogP contribution in [0.4, 0.5) is 14.5 Å². The van der Waals surface area contributed by atoms with E-state index in [0.29, 0.717) is 0 Å². The first-order valence-electron chi connectivity index (χ1n) is 7.19. The highest BCUT2D eigenvalue weighted by molar-refractivity contribution is 7.89. The maximum atomic E-state index is 12.2. The molecular formula is C14H16F2N4O5S. The van der Waals surface area contributed by atoms with Gasteiger partial charge in [0.25, 0.3) is 0 Å². The van der Waals surface area contributed by atoms with Gasteiger partial charge in [-0.05, 0) is 18.2 Å². The molecule has 0 aliphatic heterocycles. The van der Waals surface area contributed by atoms with Crippen molar-refractivity contribution < 1.29 is 31.5 Å². The smallest absolute Gasteiger partial charge is 0.387 e. The molecule has 142 valence electrons. The number of carbonyl (C=O) groups is 1. The molecule has 0 aliphatic carbocycles. The number of sulfonamides is 1. The molecule has 26 heavy (non-hydrogen) atoms. The van der Waals surface area contributed by atoms with Crippen LogP contribution in [-0.2, 0) is 21.8 Å². The summed E-state index contributed by atoms with van der Waals surface area (Å²) in [6.07, 6.45) is 2.50. The molecule has 2 aromatic rings. The second-order valence-corrected chi connectivity index (χ2v) is 6.78. The van der Waals surface area contributed by atoms with Crippen LogP contribution in [0.5, 0.6) is 5.75 Å². The third-order valence-electron chi connectivity index (χ3n) is 3.08. The van der Waals surface area contributed by atoms with Crippen LogP contribution in [0.3, 0.4) is 0 Å². The number of benzene rings is 1. The Bertz CT molecular complexity index is 885. The van der Waals surface area contributed by atoms with E-state index in [4.69, 9.17) is 10.5 Å². The predicted octanol–water partition coefficient (Wildman–Crippen LogP) is 0.739. The first-order chi connectivity index (χ1) is 12.2. The number of nitrogen functional groups attached to an aromatic ring is 1. The van der Waals surface area contributed by atoms with E-state index in [9.17, 15) is 22.0 Å². The number of esters is 1. The minimum absolute atomic E-state index is 0.0132. The van der Waals surface area contributed by atoms with Gasteiger partial charge < -0.3 is 15.2 Å². The second kappa shape index (κ2) is 8.10. The zero-order chi connectivity index (χ0) is 19.3. The molecule has 1 aromatic heterocycles. The van der Waals surface area contributed by atoms with Gasteiger partial charge in [0.15, 0.2) is 0 Å². The van der Waals surface area contributed by atoms with Crippen molar-refractivity contribution in [2.45, 2.75) is 11.5 Å². The number of ether oxygens (including phenoxy) is 2. The van der Waals surface area contributed by atoms with E-state index in [2.05, 4.69) is 14.6 Å². The number of aromatic nitrogens is 2. The lowest BCUT2D eigenvalue weighted by Gasteiger charge is -2.10. The number of halogens is 2. The van der Waals surface area contributed by atoms with E-state index in [1.54, 1.807) is 7.05 Å². The molecular weight excluding hydrogens is 374 g/mol. The van der Waals surface area contributed by atoms with Crippen molar-refractivity contribution >= 4 is 21.7 Å². The molecule has 0 bridgehead atoms. The fourth-order valence-electron chi connectivity index (χ4n) is 1.90. The zero-order valence-electron chi connectivity index (χ0n) is 13.6. The first-order valence-corrected chi connectivity index (χ1v) is 8.67. The molecule has 0 spiro atoms. The van der Waals surface area contributed by atoms with Gasteiger partial charge in [-0.1, -0.05) is 0 Å². The van der Waals surface area contributed by atoms with Crippen LogP contribution in [0.25, 0.3) is 0 Å². The van der Waals surface area contributed by atoms with Crippen molar-refractivity contribution in [3.05, 3.63) is 36.2 Å². The summed E-state index contributed by atoms with van der Waals surface area (Å²) in [4.78, 5) is 11.9. The van der Waals surface area contributed by atoms with Crippen LogP contribution in [0, 0.1) is 0 Å². The largest absolute Gasteiger partial charge is 0.461 e. The monoisotopic (exact) mass is 390 g/mol. The molecule has 0 atom stereocenters. The number of alkyl halides is 2. The van der Waals surface area contributed by atoms with E-state index < -0.39 is 22.6 Å². The van der Waals surface area contributed by atoms with Crippen molar-refractivity contribution in [3.63, 3.8) is 0 Å². The summed E-state index contributed by atoms with van der Waals surface area (Å²) in [7, 11) is -2.18. The Kier molecular flexibility index (Phi) is 6.10. The third-order valence-corrected chi connectivity index (χ3v) is 4.50. The summed E-state index contributed by atoms with van der Waals surface area (Å²) >= 11 is 0. The first kappa shape index (κ1) is 19.6. The summed E-state index contributed by atoms with van der Waals surface area (Å²) in [5.74, 6) is -1.05. The highest BCUT2D eigenvalue weighted by Crippen LogP contribution is 2.24. The Hall–Kier alpha value is -2.73. The number of nitrogens with two attached hydrogens (primary N) is 1. The SMILES string of the molecule is Cn1cc(S(=O)(=O)NCCOC(=O)c2ccc(OC(F)F)c(N)c2)cn1. The van der Waals surface area contributed by atoms with Gasteiger partial charge in [-0.3, -0.25) is 4.68 Å². The summed E-state index contributed by atoms with van der Waals surface area (Å²) in [5.41, 5.74) is 5.38. The van der Waals surface area contributed by atoms with Crippen molar-refractivity contribution in [1.29, 1.82) is 0 Å². The third kappa shape index (κ3) is 5.13. The molecule has 0 saturated carbocycles. The number of aryl methyl sites for hydroxylation is 1. The minimum atomic E-state index is -3.76. The Balaban J connectivity index is 1.86. The lowest BCUT2D eigenvalue weighted by Crippen LogP contribution is -2.28. The highest BCUT2D eigenvalue weighted by Gasteiger charge is 2.16. The quantitative estimate of drug-likeness (QED) is 0.387. The molecule has 0 unspecified atom stereocenters. The van der Waals surface area contributed by atoms with E-state index in [1.165, 1.54) is 23.1 Å². The van der Waals surface area contributed by atoms with Gasteiger partial charge in [-0.2, -0.15) is 13.9 Å². The van der Waals surface area contributed by atoms with Crippen molar-refractivity contribution in [2.24, 2.45) is 7.05 Å². The number of hydrogen-bond donors (Lipinski definition) is 2. The maximum Gasteiger partial charge on any atom is 0.387 e. The van der Waals surface area contributed by atoms with Crippen LogP contribution in [0.1, 0.15) is 10.4 Å². The summed E-state index contributed by atoms with van der Waals surface area (Å²) in [6.45, 7) is -3.44. The topological polar surface area (TPSA) is 126 Å². The van der Waals surface area contributed by atoms with Crippen molar-refractivity contribution in [2.75, 3.05) is 18.9 Å². The minimum Gasteiger partial charge on any atom is -0.461 e. The van der Waals surface area contributed by atoms with E-state index in [-0.39, 0.29) is 35.0 Å². The number of nitrogens with one attached hydrogen (secondary N) is 1. The normalized spacial score (nSPS) is 11.5.